The van der Waals surface area contributed by atoms with E-state index in [1.807, 2.05) is 12.3 Å². The van der Waals surface area contributed by atoms with E-state index in [1.54, 1.807) is 0 Å². The molecule has 11 aromatic rings. The zero-order valence-electron chi connectivity index (χ0n) is 29.2. The molecule has 8 aromatic carbocycles. The minimum absolute atomic E-state index is 1.08. The van der Waals surface area contributed by atoms with E-state index < -0.39 is 0 Å². The standard InChI is InChI=1S/C51H31N3/c1-3-11-35(12-4-1)53-46-19-8-7-15-38(46)43-29-32(20-25-47(43)53)33-21-26-48-44(30-33)45-31-34(22-27-49(45)54(48)36-13-5-2-6-14-36)37-23-24-42-50-39(37)16-9-17-40(50)41-18-10-28-52-51(41)42/h1-31H. The molecule has 12 rings (SSSR count). The maximum atomic E-state index is 4.78. The molecule has 0 bridgehead atoms. The Morgan fingerprint density at radius 3 is 1.52 bits per heavy atom. The number of para-hydroxylation sites is 3. The first kappa shape index (κ1) is 29.4. The minimum Gasteiger partial charge on any atom is -0.309 e. The van der Waals surface area contributed by atoms with Gasteiger partial charge in [0.25, 0.3) is 0 Å². The molecule has 0 spiro atoms. The molecule has 3 heteroatoms. The molecular formula is C51H31N3. The van der Waals surface area contributed by atoms with Crippen LogP contribution in [-0.2, 0) is 0 Å². The molecule has 1 aliphatic rings. The quantitative estimate of drug-likeness (QED) is 0.181. The third kappa shape index (κ3) is 4.09. The van der Waals surface area contributed by atoms with Crippen LogP contribution in [0.5, 0.6) is 0 Å². The van der Waals surface area contributed by atoms with Gasteiger partial charge in [0.2, 0.25) is 0 Å². The molecule has 0 N–H and O–H groups in total. The van der Waals surface area contributed by atoms with Gasteiger partial charge in [-0.2, -0.15) is 0 Å². The SMILES string of the molecule is c1ccc(-n2c3ccccc3c3cc(-c4ccc5c(c4)c4cc(-c6ccc7c8c(cccc68)-c6cccnc6-7)ccc4n5-c4ccccc4)ccc32)cc1. The predicted molar refractivity (Wildman–Crippen MR) is 226 cm³/mol. The predicted octanol–water partition coefficient (Wildman–Crippen LogP) is 13.4. The average molecular weight is 686 g/mol. The van der Waals surface area contributed by atoms with E-state index in [0.29, 0.717) is 0 Å². The first-order chi connectivity index (χ1) is 26.8. The number of aromatic nitrogens is 3. The summed E-state index contributed by atoms with van der Waals surface area (Å²) >= 11 is 0. The molecule has 0 fully saturated rings. The van der Waals surface area contributed by atoms with Crippen molar-refractivity contribution in [1.29, 1.82) is 0 Å². The topological polar surface area (TPSA) is 22.8 Å². The smallest absolute Gasteiger partial charge is 0.0786 e. The molecule has 0 saturated heterocycles. The van der Waals surface area contributed by atoms with Crippen molar-refractivity contribution in [3.05, 3.63) is 188 Å². The van der Waals surface area contributed by atoms with Gasteiger partial charge >= 0.3 is 0 Å². The second-order valence-electron chi connectivity index (χ2n) is 14.3. The Kier molecular flexibility index (Phi) is 6.05. The normalized spacial score (nSPS) is 12.1. The highest BCUT2D eigenvalue weighted by Crippen LogP contribution is 2.49. The van der Waals surface area contributed by atoms with Crippen molar-refractivity contribution >= 4 is 54.4 Å². The minimum atomic E-state index is 1.08. The maximum Gasteiger partial charge on any atom is 0.0786 e. The fourth-order valence-electron chi connectivity index (χ4n) is 9.15. The van der Waals surface area contributed by atoms with E-state index in [1.165, 1.54) is 99.0 Å². The third-order valence-electron chi connectivity index (χ3n) is 11.5. The monoisotopic (exact) mass is 685 g/mol. The lowest BCUT2D eigenvalue weighted by atomic mass is 9.93. The number of hydrogen-bond donors (Lipinski definition) is 0. The number of fused-ring (bicyclic) bond motifs is 9. The molecule has 0 atom stereocenters. The van der Waals surface area contributed by atoms with Crippen LogP contribution in [0.1, 0.15) is 0 Å². The van der Waals surface area contributed by atoms with E-state index in [2.05, 4.69) is 185 Å². The fraction of sp³-hybridized carbons (Fsp3) is 0. The molecule has 3 nitrogen and oxygen atoms in total. The van der Waals surface area contributed by atoms with Crippen molar-refractivity contribution < 1.29 is 0 Å². The zero-order chi connectivity index (χ0) is 35.3. The Bertz CT molecular complexity index is 3280. The van der Waals surface area contributed by atoms with Gasteiger partial charge in [0, 0.05) is 50.2 Å². The molecule has 3 aromatic heterocycles. The molecule has 0 radical (unpaired) electrons. The van der Waals surface area contributed by atoms with Crippen molar-refractivity contribution in [3.8, 4) is 56.0 Å². The second-order valence-corrected chi connectivity index (χ2v) is 14.3. The van der Waals surface area contributed by atoms with Crippen molar-refractivity contribution in [1.82, 2.24) is 14.1 Å². The summed E-state index contributed by atoms with van der Waals surface area (Å²) in [5, 5.41) is 7.55. The van der Waals surface area contributed by atoms with Crippen molar-refractivity contribution in [2.24, 2.45) is 0 Å². The Balaban J connectivity index is 1.08. The van der Waals surface area contributed by atoms with Gasteiger partial charge < -0.3 is 9.13 Å². The summed E-state index contributed by atoms with van der Waals surface area (Å²) in [5.41, 5.74) is 16.8. The summed E-state index contributed by atoms with van der Waals surface area (Å²) in [7, 11) is 0. The number of pyridine rings is 1. The van der Waals surface area contributed by atoms with E-state index in [-0.39, 0.29) is 0 Å². The van der Waals surface area contributed by atoms with Gasteiger partial charge in [0.1, 0.15) is 0 Å². The summed E-state index contributed by atoms with van der Waals surface area (Å²) in [6.45, 7) is 0. The molecule has 250 valence electrons. The van der Waals surface area contributed by atoms with Crippen LogP contribution in [0.3, 0.4) is 0 Å². The summed E-state index contributed by atoms with van der Waals surface area (Å²) in [6, 6.07) is 66.5. The number of benzene rings is 8. The average Bonchev–Trinajstić information content (AvgIpc) is 3.87. The van der Waals surface area contributed by atoms with Crippen LogP contribution in [0.2, 0.25) is 0 Å². The highest BCUT2D eigenvalue weighted by atomic mass is 15.0. The van der Waals surface area contributed by atoms with Gasteiger partial charge in [0.05, 0.1) is 27.8 Å². The zero-order valence-corrected chi connectivity index (χ0v) is 29.2. The van der Waals surface area contributed by atoms with Gasteiger partial charge in [-0.15, -0.1) is 0 Å². The molecule has 1 aliphatic carbocycles. The van der Waals surface area contributed by atoms with Gasteiger partial charge in [-0.25, -0.2) is 0 Å². The van der Waals surface area contributed by atoms with Crippen LogP contribution >= 0.6 is 0 Å². The van der Waals surface area contributed by atoms with Crippen LogP contribution in [0, 0.1) is 0 Å². The lowest BCUT2D eigenvalue weighted by Crippen LogP contribution is -1.93. The molecule has 0 unspecified atom stereocenters. The van der Waals surface area contributed by atoms with Crippen molar-refractivity contribution in [2.75, 3.05) is 0 Å². The Labute approximate surface area is 311 Å². The molecule has 0 saturated carbocycles. The van der Waals surface area contributed by atoms with E-state index >= 15 is 0 Å². The molecule has 54 heavy (non-hydrogen) atoms. The Hall–Kier alpha value is -7.23. The highest BCUT2D eigenvalue weighted by molar-refractivity contribution is 6.19. The lowest BCUT2D eigenvalue weighted by molar-refractivity contribution is 1.18. The summed E-state index contributed by atoms with van der Waals surface area (Å²) < 4.78 is 4.78. The molecule has 3 heterocycles. The van der Waals surface area contributed by atoms with Crippen LogP contribution in [0.15, 0.2) is 188 Å². The van der Waals surface area contributed by atoms with E-state index in [0.717, 1.165) is 11.4 Å². The number of hydrogen-bond acceptors (Lipinski definition) is 1. The first-order valence-corrected chi connectivity index (χ1v) is 18.5. The van der Waals surface area contributed by atoms with E-state index in [9.17, 15) is 0 Å². The van der Waals surface area contributed by atoms with Crippen LogP contribution in [0.25, 0.3) is 110 Å². The summed E-state index contributed by atoms with van der Waals surface area (Å²) in [5.74, 6) is 0. The van der Waals surface area contributed by atoms with Crippen molar-refractivity contribution in [3.63, 3.8) is 0 Å². The number of nitrogens with zero attached hydrogens (tertiary/aromatic N) is 3. The van der Waals surface area contributed by atoms with E-state index in [4.69, 9.17) is 4.98 Å². The Morgan fingerprint density at radius 2 is 0.833 bits per heavy atom. The molecule has 0 amide bonds. The third-order valence-corrected chi connectivity index (χ3v) is 11.5. The van der Waals surface area contributed by atoms with Crippen molar-refractivity contribution in [2.45, 2.75) is 0 Å². The summed E-state index contributed by atoms with van der Waals surface area (Å²) in [4.78, 5) is 4.78. The van der Waals surface area contributed by atoms with Gasteiger partial charge in [-0.05, 0) is 111 Å². The molecule has 0 aliphatic heterocycles. The number of rotatable bonds is 4. The maximum absolute atomic E-state index is 4.78. The largest absolute Gasteiger partial charge is 0.309 e. The fourth-order valence-corrected chi connectivity index (χ4v) is 9.15. The first-order valence-electron chi connectivity index (χ1n) is 18.5. The Morgan fingerprint density at radius 1 is 0.315 bits per heavy atom. The van der Waals surface area contributed by atoms with Crippen LogP contribution in [0.4, 0.5) is 0 Å². The van der Waals surface area contributed by atoms with Gasteiger partial charge in [-0.1, -0.05) is 109 Å². The second kappa shape index (κ2) is 11.1. The van der Waals surface area contributed by atoms with Gasteiger partial charge in [-0.3, -0.25) is 4.98 Å². The molecular weight excluding hydrogens is 655 g/mol. The summed E-state index contributed by atoms with van der Waals surface area (Å²) in [6.07, 6.45) is 1.90. The van der Waals surface area contributed by atoms with Crippen LogP contribution < -0.4 is 0 Å². The van der Waals surface area contributed by atoms with Crippen LogP contribution in [-0.4, -0.2) is 14.1 Å². The lowest BCUT2D eigenvalue weighted by Gasteiger charge is -2.11. The highest BCUT2D eigenvalue weighted by Gasteiger charge is 2.24. The van der Waals surface area contributed by atoms with Gasteiger partial charge in [0.15, 0.2) is 0 Å².